The van der Waals surface area contributed by atoms with Crippen LogP contribution in [0.5, 0.6) is 0 Å². The van der Waals surface area contributed by atoms with E-state index in [0.29, 0.717) is 28.3 Å². The molecule has 8 heteroatoms. The molecule has 3 amide bonds. The molecule has 1 atom stereocenters. The minimum atomic E-state index is -0.626. The summed E-state index contributed by atoms with van der Waals surface area (Å²) in [6.07, 6.45) is 0.314. The van der Waals surface area contributed by atoms with Crippen LogP contribution in [0.4, 0.5) is 9.18 Å². The fourth-order valence-electron chi connectivity index (χ4n) is 3.35. The van der Waals surface area contributed by atoms with Crippen molar-refractivity contribution in [3.05, 3.63) is 70.5 Å². The normalized spacial score (nSPS) is 16.1. The van der Waals surface area contributed by atoms with Crippen molar-refractivity contribution in [2.75, 3.05) is 13.6 Å². The fraction of sp³-hybridized carbons (Fsp3) is 0.348. The molecule has 31 heavy (non-hydrogen) atoms. The lowest BCUT2D eigenvalue weighted by atomic mass is 9.98. The Morgan fingerprint density at radius 3 is 2.48 bits per heavy atom. The van der Waals surface area contributed by atoms with Crippen molar-refractivity contribution in [1.29, 1.82) is 0 Å². The van der Waals surface area contributed by atoms with Crippen molar-refractivity contribution in [2.24, 2.45) is 5.10 Å². The zero-order valence-electron chi connectivity index (χ0n) is 18.0. The quantitative estimate of drug-likeness (QED) is 0.749. The molecule has 164 valence electrons. The summed E-state index contributed by atoms with van der Waals surface area (Å²) < 4.78 is 14.6. The molecular formula is C23H26ClFN4O2. The zero-order valence-corrected chi connectivity index (χ0v) is 18.8. The second kappa shape index (κ2) is 9.06. The van der Waals surface area contributed by atoms with Crippen LogP contribution in [0.1, 0.15) is 44.4 Å². The third-order valence-electron chi connectivity index (χ3n) is 4.82. The molecule has 0 bridgehead atoms. The highest BCUT2D eigenvalue weighted by Gasteiger charge is 2.35. The lowest BCUT2D eigenvalue weighted by Gasteiger charge is -2.28. The second-order valence-corrected chi connectivity index (χ2v) is 8.95. The van der Waals surface area contributed by atoms with E-state index in [1.54, 1.807) is 30.3 Å². The van der Waals surface area contributed by atoms with Crippen LogP contribution < -0.4 is 5.32 Å². The van der Waals surface area contributed by atoms with Gasteiger partial charge in [-0.15, -0.1) is 0 Å². The Labute approximate surface area is 186 Å². The predicted molar refractivity (Wildman–Crippen MR) is 120 cm³/mol. The van der Waals surface area contributed by atoms with Gasteiger partial charge in [0.1, 0.15) is 12.4 Å². The molecule has 1 unspecified atom stereocenters. The number of halogens is 2. The van der Waals surface area contributed by atoms with E-state index in [-0.39, 0.29) is 12.6 Å². The van der Waals surface area contributed by atoms with Gasteiger partial charge in [0, 0.05) is 35.2 Å². The number of nitrogens with zero attached hydrogens (tertiary/aromatic N) is 3. The summed E-state index contributed by atoms with van der Waals surface area (Å²) in [7, 11) is 1.53. The van der Waals surface area contributed by atoms with E-state index in [0.717, 1.165) is 0 Å². The van der Waals surface area contributed by atoms with Crippen molar-refractivity contribution in [1.82, 2.24) is 15.2 Å². The maximum absolute atomic E-state index is 14.6. The number of hydrazone groups is 1. The third kappa shape index (κ3) is 5.41. The van der Waals surface area contributed by atoms with Gasteiger partial charge in [-0.25, -0.2) is 14.2 Å². The van der Waals surface area contributed by atoms with Gasteiger partial charge in [0.15, 0.2) is 0 Å². The number of benzene rings is 2. The molecule has 0 saturated heterocycles. The SMILES string of the molecule is CN(CC(=O)N1N=C(c2ccccc2Cl)CC1c1ccccc1F)C(=O)NC(C)(C)C. The Kier molecular flexibility index (Phi) is 6.65. The Morgan fingerprint density at radius 2 is 1.84 bits per heavy atom. The van der Waals surface area contributed by atoms with E-state index in [2.05, 4.69) is 10.4 Å². The number of urea groups is 1. The van der Waals surface area contributed by atoms with Crippen LogP contribution in [-0.2, 0) is 4.79 Å². The fourth-order valence-corrected chi connectivity index (χ4v) is 3.59. The standard InChI is InChI=1S/C23H26ClFN4O2/c1-23(2,3)26-22(31)28(4)14-21(30)29-20(16-10-6-8-12-18(16)25)13-19(27-29)15-9-5-7-11-17(15)24/h5-12,20H,13-14H2,1-4H3,(H,26,31). The molecule has 0 spiro atoms. The number of hydrogen-bond acceptors (Lipinski definition) is 3. The van der Waals surface area contributed by atoms with Crippen molar-refractivity contribution in [3.63, 3.8) is 0 Å². The molecule has 3 rings (SSSR count). The summed E-state index contributed by atoms with van der Waals surface area (Å²) in [4.78, 5) is 26.8. The highest BCUT2D eigenvalue weighted by Crippen LogP contribution is 2.35. The maximum atomic E-state index is 14.6. The molecule has 1 N–H and O–H groups in total. The summed E-state index contributed by atoms with van der Waals surface area (Å²) >= 11 is 6.32. The van der Waals surface area contributed by atoms with Gasteiger partial charge >= 0.3 is 6.03 Å². The average Bonchev–Trinajstić information content (AvgIpc) is 3.12. The van der Waals surface area contributed by atoms with Gasteiger partial charge in [-0.2, -0.15) is 5.10 Å². The average molecular weight is 445 g/mol. The van der Waals surface area contributed by atoms with Gasteiger partial charge in [-0.1, -0.05) is 48.0 Å². The van der Waals surface area contributed by atoms with E-state index in [1.807, 2.05) is 32.9 Å². The largest absolute Gasteiger partial charge is 0.333 e. The minimum Gasteiger partial charge on any atom is -0.333 e. The summed E-state index contributed by atoms with van der Waals surface area (Å²) in [5.74, 6) is -0.832. The van der Waals surface area contributed by atoms with Crippen LogP contribution in [0.2, 0.25) is 5.02 Å². The van der Waals surface area contributed by atoms with E-state index in [1.165, 1.54) is 23.0 Å². The zero-order chi connectivity index (χ0) is 22.8. The number of hydrogen-bond donors (Lipinski definition) is 1. The molecule has 2 aromatic rings. The molecule has 1 aliphatic rings. The maximum Gasteiger partial charge on any atom is 0.318 e. The number of rotatable bonds is 4. The summed E-state index contributed by atoms with van der Waals surface area (Å²) in [5, 5.41) is 9.07. The molecule has 0 radical (unpaired) electrons. The predicted octanol–water partition coefficient (Wildman–Crippen LogP) is 4.60. The molecule has 1 heterocycles. The van der Waals surface area contributed by atoms with E-state index < -0.39 is 23.3 Å². The molecule has 0 fully saturated rings. The smallest absolute Gasteiger partial charge is 0.318 e. The number of nitrogens with one attached hydrogen (secondary N) is 1. The summed E-state index contributed by atoms with van der Waals surface area (Å²) in [5.41, 5.74) is 1.21. The van der Waals surface area contributed by atoms with Crippen LogP contribution >= 0.6 is 11.6 Å². The molecule has 0 aliphatic carbocycles. The molecule has 2 aromatic carbocycles. The van der Waals surface area contributed by atoms with Crippen LogP contribution in [0, 0.1) is 5.82 Å². The van der Waals surface area contributed by atoms with Crippen molar-refractivity contribution in [2.45, 2.75) is 38.8 Å². The highest BCUT2D eigenvalue weighted by molar-refractivity contribution is 6.34. The van der Waals surface area contributed by atoms with Crippen LogP contribution in [0.25, 0.3) is 0 Å². The van der Waals surface area contributed by atoms with Gasteiger partial charge in [0.25, 0.3) is 5.91 Å². The lowest BCUT2D eigenvalue weighted by Crippen LogP contribution is -2.49. The van der Waals surface area contributed by atoms with Crippen molar-refractivity contribution < 1.29 is 14.0 Å². The molecule has 0 saturated carbocycles. The van der Waals surface area contributed by atoms with Crippen molar-refractivity contribution >= 4 is 29.3 Å². The van der Waals surface area contributed by atoms with Crippen LogP contribution in [0.3, 0.4) is 0 Å². The number of likely N-dealkylation sites (N-methyl/N-ethyl adjacent to an activating group) is 1. The van der Waals surface area contributed by atoms with Crippen molar-refractivity contribution in [3.8, 4) is 0 Å². The number of amides is 3. The summed E-state index contributed by atoms with van der Waals surface area (Å²) in [6, 6.07) is 12.5. The monoisotopic (exact) mass is 444 g/mol. The van der Waals surface area contributed by atoms with Gasteiger partial charge in [-0.3, -0.25) is 4.79 Å². The lowest BCUT2D eigenvalue weighted by molar-refractivity contribution is -0.133. The van der Waals surface area contributed by atoms with Gasteiger partial charge < -0.3 is 10.2 Å². The first-order valence-corrected chi connectivity index (χ1v) is 10.4. The first-order chi connectivity index (χ1) is 14.6. The van der Waals surface area contributed by atoms with E-state index in [9.17, 15) is 14.0 Å². The van der Waals surface area contributed by atoms with Gasteiger partial charge in [0.2, 0.25) is 0 Å². The second-order valence-electron chi connectivity index (χ2n) is 8.54. The highest BCUT2D eigenvalue weighted by atomic mass is 35.5. The first kappa shape index (κ1) is 22.7. The van der Waals surface area contributed by atoms with Crippen LogP contribution in [-0.4, -0.2) is 46.7 Å². The topological polar surface area (TPSA) is 65.0 Å². The Morgan fingerprint density at radius 1 is 1.19 bits per heavy atom. The molecular weight excluding hydrogens is 419 g/mol. The van der Waals surface area contributed by atoms with Crippen LogP contribution in [0.15, 0.2) is 53.6 Å². The molecule has 6 nitrogen and oxygen atoms in total. The Hall–Kier alpha value is -2.93. The van der Waals surface area contributed by atoms with E-state index in [4.69, 9.17) is 11.6 Å². The number of carbonyl (C=O) groups is 2. The Balaban J connectivity index is 1.89. The minimum absolute atomic E-state index is 0.202. The molecule has 0 aromatic heterocycles. The third-order valence-corrected chi connectivity index (χ3v) is 5.15. The van der Waals surface area contributed by atoms with Gasteiger partial charge in [0.05, 0.1) is 11.8 Å². The Bertz CT molecular complexity index is 1020. The number of carbonyl (C=O) groups excluding carboxylic acids is 2. The van der Waals surface area contributed by atoms with Gasteiger partial charge in [-0.05, 0) is 32.9 Å². The first-order valence-electron chi connectivity index (χ1n) is 9.99. The molecule has 1 aliphatic heterocycles. The summed E-state index contributed by atoms with van der Waals surface area (Å²) in [6.45, 7) is 5.37. The van der Waals surface area contributed by atoms with E-state index >= 15 is 0 Å².